The number of nitrogens with one attached hydrogen (secondary N) is 4. The predicted molar refractivity (Wildman–Crippen MR) is 168 cm³/mol. The maximum Gasteiger partial charge on any atom is 0.119 e. The largest absolute Gasteiger partial charge is 0.508 e. The van der Waals surface area contributed by atoms with Gasteiger partial charge in [0, 0.05) is 90.7 Å². The molecule has 4 aromatic heterocycles. The van der Waals surface area contributed by atoms with E-state index in [0.717, 1.165) is 77.4 Å². The van der Waals surface area contributed by atoms with Gasteiger partial charge in [-0.15, -0.1) is 0 Å². The van der Waals surface area contributed by atoms with Crippen molar-refractivity contribution in [2.45, 2.75) is 0 Å². The van der Waals surface area contributed by atoms with Gasteiger partial charge in [-0.05, 0) is 72.8 Å². The first-order valence-electron chi connectivity index (χ1n) is 13.4. The highest BCUT2D eigenvalue weighted by molar-refractivity contribution is 6.06. The number of hydrogen-bond acceptors (Lipinski definition) is 4. The van der Waals surface area contributed by atoms with Gasteiger partial charge in [-0.1, -0.05) is 0 Å². The van der Waals surface area contributed by atoms with E-state index in [2.05, 4.69) is 32.1 Å². The molecule has 0 saturated carbocycles. The van der Waals surface area contributed by atoms with E-state index in [9.17, 15) is 10.2 Å². The van der Waals surface area contributed by atoms with Crippen LogP contribution in [0.4, 0.5) is 0 Å². The van der Waals surface area contributed by atoms with Gasteiger partial charge in [-0.2, -0.15) is 0 Å². The molecule has 8 heteroatoms. The molecule has 0 spiro atoms. The molecule has 0 saturated heterocycles. The van der Waals surface area contributed by atoms with E-state index < -0.39 is 0 Å². The number of ether oxygens (including phenoxy) is 2. The van der Waals surface area contributed by atoms with Gasteiger partial charge >= 0.3 is 0 Å². The van der Waals surface area contributed by atoms with E-state index in [4.69, 9.17) is 9.47 Å². The number of rotatable bonds is 4. The van der Waals surface area contributed by atoms with Gasteiger partial charge in [-0.3, -0.25) is 0 Å². The fourth-order valence-electron chi connectivity index (χ4n) is 5.56. The number of aromatic amines is 4. The summed E-state index contributed by atoms with van der Waals surface area (Å²) in [6, 6.07) is 22.6. The smallest absolute Gasteiger partial charge is 0.119 e. The molecule has 6 N–H and O–H groups in total. The van der Waals surface area contributed by atoms with Crippen LogP contribution in [0.2, 0.25) is 0 Å². The van der Waals surface area contributed by atoms with Gasteiger partial charge in [0.2, 0.25) is 0 Å². The highest BCUT2D eigenvalue weighted by atomic mass is 16.5. The number of aromatic nitrogens is 4. The lowest BCUT2D eigenvalue weighted by atomic mass is 10.0. The highest BCUT2D eigenvalue weighted by Gasteiger charge is 2.13. The first-order valence-corrected chi connectivity index (χ1v) is 13.4. The summed E-state index contributed by atoms with van der Waals surface area (Å²) >= 11 is 0. The fourth-order valence-corrected chi connectivity index (χ4v) is 5.56. The summed E-state index contributed by atoms with van der Waals surface area (Å²) in [4.78, 5) is 13.0. The minimum absolute atomic E-state index is 0.237. The molecule has 4 aromatic carbocycles. The van der Waals surface area contributed by atoms with E-state index in [1.807, 2.05) is 61.2 Å². The minimum atomic E-state index is 0.237. The normalized spacial score (nSPS) is 11.3. The summed E-state index contributed by atoms with van der Waals surface area (Å²) in [7, 11) is 3.37. The molecule has 0 aliphatic rings. The number of benzene rings is 4. The van der Waals surface area contributed by atoms with Crippen molar-refractivity contribution in [2.75, 3.05) is 14.2 Å². The summed E-state index contributed by atoms with van der Waals surface area (Å²) in [5.74, 6) is 2.18. The minimum Gasteiger partial charge on any atom is -0.508 e. The van der Waals surface area contributed by atoms with E-state index in [0.29, 0.717) is 0 Å². The van der Waals surface area contributed by atoms with Gasteiger partial charge in [-0.25, -0.2) is 0 Å². The number of hydrogen-bond donors (Lipinski definition) is 6. The lowest BCUT2D eigenvalue weighted by molar-refractivity contribution is 0.415. The van der Waals surface area contributed by atoms with Crippen LogP contribution in [0.25, 0.3) is 65.9 Å². The third kappa shape index (κ3) is 4.26. The Kier molecular flexibility index (Phi) is 6.01. The summed E-state index contributed by atoms with van der Waals surface area (Å²) in [6.45, 7) is 0. The molecular formula is C34H28N4O4. The molecule has 0 amide bonds. The first-order chi connectivity index (χ1) is 20.5. The Hall–Kier alpha value is -5.76. The van der Waals surface area contributed by atoms with E-state index in [1.54, 1.807) is 38.5 Å². The highest BCUT2D eigenvalue weighted by Crippen LogP contribution is 2.38. The molecule has 0 aliphatic heterocycles. The Bertz CT molecular complexity index is 2060. The molecule has 0 atom stereocenters. The topological polar surface area (TPSA) is 122 Å². The zero-order valence-electron chi connectivity index (χ0n) is 22.9. The lowest BCUT2D eigenvalue weighted by Crippen LogP contribution is -1.82. The van der Waals surface area contributed by atoms with Crippen molar-refractivity contribution in [1.29, 1.82) is 0 Å². The molecule has 8 aromatic rings. The molecular weight excluding hydrogens is 528 g/mol. The Morgan fingerprint density at radius 1 is 0.429 bits per heavy atom. The van der Waals surface area contributed by atoms with Crippen LogP contribution in [0.15, 0.2) is 97.6 Å². The van der Waals surface area contributed by atoms with Crippen LogP contribution >= 0.6 is 0 Å². The number of H-pyrrole nitrogens is 4. The van der Waals surface area contributed by atoms with Crippen molar-refractivity contribution in [3.8, 4) is 45.3 Å². The third-order valence-corrected chi connectivity index (χ3v) is 7.69. The third-order valence-electron chi connectivity index (χ3n) is 7.69. The van der Waals surface area contributed by atoms with Crippen molar-refractivity contribution in [1.82, 2.24) is 19.9 Å². The molecule has 0 fully saturated rings. The molecule has 42 heavy (non-hydrogen) atoms. The lowest BCUT2D eigenvalue weighted by Gasteiger charge is -2.03. The average Bonchev–Trinajstić information content (AvgIpc) is 3.80. The van der Waals surface area contributed by atoms with Crippen LogP contribution in [0, 0.1) is 0 Å². The zero-order chi connectivity index (χ0) is 28.8. The van der Waals surface area contributed by atoms with Gasteiger partial charge in [0.25, 0.3) is 0 Å². The van der Waals surface area contributed by atoms with Crippen LogP contribution < -0.4 is 9.47 Å². The molecule has 0 radical (unpaired) electrons. The number of phenolic OH excluding ortho intramolecular Hbond substituents is 2. The van der Waals surface area contributed by atoms with Crippen molar-refractivity contribution in [2.24, 2.45) is 0 Å². The van der Waals surface area contributed by atoms with Crippen molar-refractivity contribution in [3.63, 3.8) is 0 Å². The molecule has 0 bridgehead atoms. The SMILES string of the molecule is COc1ccc2[nH]cc(-c3c[nH]c4ccc(OC)cc34)c2c1.Oc1ccc2[nH]cc(-c3c[nH]c4ccc(O)cc34)c2c1. The van der Waals surface area contributed by atoms with Gasteiger partial charge in [0.15, 0.2) is 0 Å². The Balaban J connectivity index is 0.000000138. The Morgan fingerprint density at radius 3 is 1.07 bits per heavy atom. The predicted octanol–water partition coefficient (Wildman–Crippen LogP) is 8.06. The van der Waals surface area contributed by atoms with Crippen molar-refractivity contribution in [3.05, 3.63) is 97.6 Å². The quantitative estimate of drug-likeness (QED) is 0.131. The van der Waals surface area contributed by atoms with Gasteiger partial charge in [0.1, 0.15) is 23.0 Å². The average molecular weight is 557 g/mol. The first kappa shape index (κ1) is 25.2. The zero-order valence-corrected chi connectivity index (χ0v) is 22.9. The van der Waals surface area contributed by atoms with Crippen LogP contribution in [0.5, 0.6) is 23.0 Å². The Labute approximate surface area is 240 Å². The second kappa shape index (κ2) is 10.0. The molecule has 8 nitrogen and oxygen atoms in total. The maximum absolute atomic E-state index is 9.67. The molecule has 8 rings (SSSR count). The monoisotopic (exact) mass is 556 g/mol. The number of phenols is 2. The maximum atomic E-state index is 9.67. The fraction of sp³-hybridized carbons (Fsp3) is 0.0588. The van der Waals surface area contributed by atoms with Crippen LogP contribution in [-0.2, 0) is 0 Å². The number of methoxy groups -OCH3 is 2. The molecule has 0 unspecified atom stereocenters. The van der Waals surface area contributed by atoms with Crippen LogP contribution in [-0.4, -0.2) is 44.4 Å². The summed E-state index contributed by atoms with van der Waals surface area (Å²) in [5, 5.41) is 23.5. The van der Waals surface area contributed by atoms with Gasteiger partial charge in [0.05, 0.1) is 14.2 Å². The standard InChI is InChI=1S/C18H16N2O2.C16H12N2O2/c1-21-11-3-5-17-13(7-11)15(9-19-17)16-10-20-18-6-4-12(22-2)8-14(16)18;19-9-1-3-15-11(5-9)13(7-17-15)14-8-18-16-4-2-10(20)6-12(14)16/h3-10,19-20H,1-2H3;1-8,17-20H. The molecule has 4 heterocycles. The summed E-state index contributed by atoms with van der Waals surface area (Å²) in [6.07, 6.45) is 7.89. The van der Waals surface area contributed by atoms with Crippen LogP contribution in [0.3, 0.4) is 0 Å². The Morgan fingerprint density at radius 2 is 0.738 bits per heavy atom. The summed E-state index contributed by atoms with van der Waals surface area (Å²) < 4.78 is 10.7. The summed E-state index contributed by atoms with van der Waals surface area (Å²) in [5.41, 5.74) is 8.39. The second-order valence-electron chi connectivity index (χ2n) is 10.1. The second-order valence-corrected chi connectivity index (χ2v) is 10.1. The van der Waals surface area contributed by atoms with Gasteiger partial charge < -0.3 is 39.6 Å². The van der Waals surface area contributed by atoms with Crippen molar-refractivity contribution >= 4 is 43.6 Å². The van der Waals surface area contributed by atoms with E-state index in [-0.39, 0.29) is 11.5 Å². The number of fused-ring (bicyclic) bond motifs is 4. The molecule has 0 aliphatic carbocycles. The number of aromatic hydroxyl groups is 2. The van der Waals surface area contributed by atoms with E-state index in [1.165, 1.54) is 0 Å². The van der Waals surface area contributed by atoms with Crippen molar-refractivity contribution < 1.29 is 19.7 Å². The van der Waals surface area contributed by atoms with E-state index >= 15 is 0 Å². The molecule has 208 valence electrons. The van der Waals surface area contributed by atoms with Crippen LogP contribution in [0.1, 0.15) is 0 Å².